The highest BCUT2D eigenvalue weighted by molar-refractivity contribution is 5.76. The van der Waals surface area contributed by atoms with Gasteiger partial charge in [0, 0.05) is 11.6 Å². The minimum Gasteiger partial charge on any atom is -0.481 e. The Labute approximate surface area is 95.6 Å². The number of aliphatic carboxylic acids is 1. The molecule has 1 rings (SSSR count). The molecule has 1 atom stereocenters. The molecule has 0 heterocycles. The Hall–Kier alpha value is -1.26. The maximum Gasteiger partial charge on any atom is 0.315 e. The topological polar surface area (TPSA) is 78.4 Å². The lowest BCUT2D eigenvalue weighted by Crippen LogP contribution is -2.55. The Balaban J connectivity index is 2.33. The van der Waals surface area contributed by atoms with Crippen LogP contribution < -0.4 is 10.6 Å². The highest BCUT2D eigenvalue weighted by Crippen LogP contribution is 2.30. The number of carbonyl (C=O) groups excluding carboxylic acids is 1. The molecule has 5 nitrogen and oxygen atoms in total. The molecule has 0 spiro atoms. The molecule has 92 valence electrons. The molecular formula is C11H20N2O3. The van der Waals surface area contributed by atoms with E-state index >= 15 is 0 Å². The summed E-state index contributed by atoms with van der Waals surface area (Å²) < 4.78 is 0. The van der Waals surface area contributed by atoms with Gasteiger partial charge >= 0.3 is 12.0 Å². The quantitative estimate of drug-likeness (QED) is 0.667. The molecule has 1 unspecified atom stereocenters. The zero-order chi connectivity index (χ0) is 12.2. The Kier molecular flexibility index (Phi) is 4.15. The van der Waals surface area contributed by atoms with Crippen molar-refractivity contribution in [3.63, 3.8) is 0 Å². The minimum atomic E-state index is -0.887. The van der Waals surface area contributed by atoms with Crippen molar-refractivity contribution in [2.24, 2.45) is 0 Å². The van der Waals surface area contributed by atoms with Gasteiger partial charge in [-0.3, -0.25) is 4.79 Å². The van der Waals surface area contributed by atoms with Gasteiger partial charge in [0.1, 0.15) is 0 Å². The van der Waals surface area contributed by atoms with E-state index in [0.717, 1.165) is 19.3 Å². The van der Waals surface area contributed by atoms with Crippen LogP contribution in [0.4, 0.5) is 4.79 Å². The molecule has 5 heteroatoms. The van der Waals surface area contributed by atoms with Crippen molar-refractivity contribution in [1.82, 2.24) is 10.6 Å². The van der Waals surface area contributed by atoms with E-state index in [2.05, 4.69) is 10.6 Å². The molecule has 0 aromatic heterocycles. The standard InChI is InChI=1S/C11H20N2O3/c1-3-8(7-9(14)15)12-10(16)13-11(2)5-4-6-11/h8H,3-7H2,1-2H3,(H,14,15)(H2,12,13,16). The number of urea groups is 1. The average Bonchev–Trinajstić information content (AvgIpc) is 2.13. The molecule has 0 aromatic carbocycles. The van der Waals surface area contributed by atoms with Gasteiger partial charge < -0.3 is 15.7 Å². The lowest BCUT2D eigenvalue weighted by Gasteiger charge is -2.39. The van der Waals surface area contributed by atoms with Gasteiger partial charge in [-0.1, -0.05) is 6.92 Å². The summed E-state index contributed by atoms with van der Waals surface area (Å²) in [7, 11) is 0. The van der Waals surface area contributed by atoms with Gasteiger partial charge in [-0.05, 0) is 32.6 Å². The van der Waals surface area contributed by atoms with Crippen LogP contribution in [0.25, 0.3) is 0 Å². The molecule has 0 aliphatic heterocycles. The minimum absolute atomic E-state index is 0.0271. The first-order valence-corrected chi connectivity index (χ1v) is 5.75. The average molecular weight is 228 g/mol. The van der Waals surface area contributed by atoms with Gasteiger partial charge in [0.05, 0.1) is 6.42 Å². The van der Waals surface area contributed by atoms with Crippen molar-refractivity contribution in [3.05, 3.63) is 0 Å². The van der Waals surface area contributed by atoms with Gasteiger partial charge in [-0.2, -0.15) is 0 Å². The monoisotopic (exact) mass is 228 g/mol. The Morgan fingerprint density at radius 2 is 2.06 bits per heavy atom. The van der Waals surface area contributed by atoms with Crippen LogP contribution in [0.3, 0.4) is 0 Å². The number of carboxylic acids is 1. The first kappa shape index (κ1) is 12.8. The van der Waals surface area contributed by atoms with Crippen molar-refractivity contribution < 1.29 is 14.7 Å². The zero-order valence-corrected chi connectivity index (χ0v) is 9.88. The SMILES string of the molecule is CCC(CC(=O)O)NC(=O)NC1(C)CCC1. The van der Waals surface area contributed by atoms with Crippen LogP contribution in [0.15, 0.2) is 0 Å². The maximum absolute atomic E-state index is 11.6. The van der Waals surface area contributed by atoms with Crippen LogP contribution in [0, 0.1) is 0 Å². The van der Waals surface area contributed by atoms with Gasteiger partial charge in [-0.25, -0.2) is 4.79 Å². The number of rotatable bonds is 5. The van der Waals surface area contributed by atoms with E-state index in [0.29, 0.717) is 6.42 Å². The predicted molar refractivity (Wildman–Crippen MR) is 60.3 cm³/mol. The largest absolute Gasteiger partial charge is 0.481 e. The molecule has 1 saturated carbocycles. The van der Waals surface area contributed by atoms with Crippen LogP contribution in [-0.2, 0) is 4.79 Å². The molecule has 0 radical (unpaired) electrons. The van der Waals surface area contributed by atoms with Crippen LogP contribution in [0.5, 0.6) is 0 Å². The summed E-state index contributed by atoms with van der Waals surface area (Å²) in [5.41, 5.74) is -0.0917. The van der Waals surface area contributed by atoms with Crippen LogP contribution in [0.2, 0.25) is 0 Å². The molecule has 2 amide bonds. The summed E-state index contributed by atoms with van der Waals surface area (Å²) >= 11 is 0. The van der Waals surface area contributed by atoms with E-state index in [-0.39, 0.29) is 24.0 Å². The smallest absolute Gasteiger partial charge is 0.315 e. The van der Waals surface area contributed by atoms with E-state index < -0.39 is 5.97 Å². The van der Waals surface area contributed by atoms with Gasteiger partial charge in [0.15, 0.2) is 0 Å². The Bertz CT molecular complexity index is 274. The molecule has 1 aliphatic carbocycles. The maximum atomic E-state index is 11.6. The normalized spacial score (nSPS) is 19.4. The number of amides is 2. The van der Waals surface area contributed by atoms with Crippen LogP contribution in [0.1, 0.15) is 46.0 Å². The predicted octanol–water partition coefficient (Wildman–Crippen LogP) is 1.48. The number of nitrogens with one attached hydrogen (secondary N) is 2. The first-order valence-electron chi connectivity index (χ1n) is 5.75. The van der Waals surface area contributed by atoms with E-state index in [1.807, 2.05) is 13.8 Å². The van der Waals surface area contributed by atoms with Crippen molar-refractivity contribution in [2.75, 3.05) is 0 Å². The molecule has 0 bridgehead atoms. The summed E-state index contributed by atoms with van der Waals surface area (Å²) in [5.74, 6) is -0.887. The molecule has 1 aliphatic rings. The Morgan fingerprint density at radius 1 is 1.44 bits per heavy atom. The fourth-order valence-corrected chi connectivity index (χ4v) is 1.84. The summed E-state index contributed by atoms with van der Waals surface area (Å²) in [6.45, 7) is 3.87. The van der Waals surface area contributed by atoms with E-state index in [4.69, 9.17) is 5.11 Å². The van der Waals surface area contributed by atoms with E-state index in [9.17, 15) is 9.59 Å². The van der Waals surface area contributed by atoms with E-state index in [1.54, 1.807) is 0 Å². The molecule has 16 heavy (non-hydrogen) atoms. The van der Waals surface area contributed by atoms with Crippen LogP contribution in [-0.4, -0.2) is 28.7 Å². The summed E-state index contributed by atoms with van der Waals surface area (Å²) in [4.78, 5) is 22.1. The molecule has 3 N–H and O–H groups in total. The highest BCUT2D eigenvalue weighted by Gasteiger charge is 2.33. The number of hydrogen-bond acceptors (Lipinski definition) is 2. The number of carboxylic acid groups (broad SMARTS) is 1. The number of carbonyl (C=O) groups is 2. The third-order valence-electron chi connectivity index (χ3n) is 3.12. The first-order chi connectivity index (χ1) is 7.45. The van der Waals surface area contributed by atoms with Gasteiger partial charge in [-0.15, -0.1) is 0 Å². The van der Waals surface area contributed by atoms with Gasteiger partial charge in [0.2, 0.25) is 0 Å². The van der Waals surface area contributed by atoms with Crippen molar-refractivity contribution in [3.8, 4) is 0 Å². The number of hydrogen-bond donors (Lipinski definition) is 3. The fourth-order valence-electron chi connectivity index (χ4n) is 1.84. The van der Waals surface area contributed by atoms with E-state index in [1.165, 1.54) is 0 Å². The lowest BCUT2D eigenvalue weighted by molar-refractivity contribution is -0.137. The Morgan fingerprint density at radius 3 is 2.44 bits per heavy atom. The molecule has 0 aromatic rings. The van der Waals surface area contributed by atoms with Crippen molar-refractivity contribution in [2.45, 2.75) is 57.5 Å². The fraction of sp³-hybridized carbons (Fsp3) is 0.818. The lowest BCUT2D eigenvalue weighted by atomic mass is 9.79. The van der Waals surface area contributed by atoms with Crippen LogP contribution >= 0.6 is 0 Å². The second kappa shape index (κ2) is 5.18. The van der Waals surface area contributed by atoms with Gasteiger partial charge in [0.25, 0.3) is 0 Å². The second-order valence-electron chi connectivity index (χ2n) is 4.72. The zero-order valence-electron chi connectivity index (χ0n) is 9.88. The highest BCUT2D eigenvalue weighted by atomic mass is 16.4. The van der Waals surface area contributed by atoms with Crippen molar-refractivity contribution >= 4 is 12.0 Å². The summed E-state index contributed by atoms with van der Waals surface area (Å²) in [6.07, 6.45) is 3.73. The molecular weight excluding hydrogens is 208 g/mol. The second-order valence-corrected chi connectivity index (χ2v) is 4.72. The third kappa shape index (κ3) is 3.72. The van der Waals surface area contributed by atoms with Crippen molar-refractivity contribution in [1.29, 1.82) is 0 Å². The molecule has 1 fully saturated rings. The third-order valence-corrected chi connectivity index (χ3v) is 3.12. The summed E-state index contributed by atoms with van der Waals surface area (Å²) in [6, 6.07) is -0.545. The summed E-state index contributed by atoms with van der Waals surface area (Å²) in [5, 5.41) is 14.2. The molecule has 0 saturated heterocycles.